The molecule has 1 atom stereocenters. The van der Waals surface area contributed by atoms with Crippen LogP contribution in [0.15, 0.2) is 12.2 Å². The van der Waals surface area contributed by atoms with Gasteiger partial charge in [0.2, 0.25) is 0 Å². The van der Waals surface area contributed by atoms with Gasteiger partial charge in [-0.3, -0.25) is 4.79 Å². The van der Waals surface area contributed by atoms with Crippen molar-refractivity contribution >= 4 is 5.97 Å². The molecule has 0 aromatic rings. The predicted molar refractivity (Wildman–Crippen MR) is 53.9 cm³/mol. The molecule has 0 saturated carbocycles. The molecule has 1 unspecified atom stereocenters. The van der Waals surface area contributed by atoms with Crippen LogP contribution in [-0.4, -0.2) is 25.3 Å². The van der Waals surface area contributed by atoms with E-state index in [-0.39, 0.29) is 12.1 Å². The lowest BCUT2D eigenvalue weighted by Crippen LogP contribution is -2.40. The quantitative estimate of drug-likeness (QED) is 0.513. The van der Waals surface area contributed by atoms with Gasteiger partial charge in [-0.05, 0) is 27.2 Å². The highest BCUT2D eigenvalue weighted by Gasteiger charge is 2.38. The van der Waals surface area contributed by atoms with E-state index in [1.165, 1.54) is 0 Å². The number of carbonyl (C=O) groups is 1. The Labute approximate surface area is 85.1 Å². The van der Waals surface area contributed by atoms with Crippen molar-refractivity contribution in [1.82, 2.24) is 0 Å². The van der Waals surface area contributed by atoms with E-state index in [9.17, 15) is 4.79 Å². The minimum Gasteiger partial charge on any atom is -0.465 e. The fourth-order valence-electron chi connectivity index (χ4n) is 1.42. The maximum atomic E-state index is 11.6. The molecule has 3 heteroatoms. The summed E-state index contributed by atoms with van der Waals surface area (Å²) in [6.45, 7) is 6.62. The fraction of sp³-hybridized carbons (Fsp3) is 0.727. The topological polar surface area (TPSA) is 35.5 Å². The van der Waals surface area contributed by atoms with Crippen molar-refractivity contribution in [3.63, 3.8) is 0 Å². The van der Waals surface area contributed by atoms with Crippen LogP contribution in [0, 0.1) is 5.41 Å². The zero-order chi connectivity index (χ0) is 10.6. The van der Waals surface area contributed by atoms with Gasteiger partial charge in [0.05, 0.1) is 24.7 Å². The molecule has 0 aromatic carbocycles. The highest BCUT2D eigenvalue weighted by Crippen LogP contribution is 2.28. The van der Waals surface area contributed by atoms with Crippen molar-refractivity contribution in [2.24, 2.45) is 5.41 Å². The molecular formula is C11H18O3. The van der Waals surface area contributed by atoms with Gasteiger partial charge < -0.3 is 9.47 Å². The maximum Gasteiger partial charge on any atom is 0.314 e. The van der Waals surface area contributed by atoms with Crippen LogP contribution >= 0.6 is 0 Å². The third-order valence-corrected chi connectivity index (χ3v) is 2.41. The van der Waals surface area contributed by atoms with Crippen LogP contribution < -0.4 is 0 Å². The second kappa shape index (κ2) is 4.60. The van der Waals surface area contributed by atoms with Crippen LogP contribution in [0.2, 0.25) is 0 Å². The van der Waals surface area contributed by atoms with Crippen LogP contribution in [0.4, 0.5) is 0 Å². The summed E-state index contributed by atoms with van der Waals surface area (Å²) in [5.41, 5.74) is -0.590. The van der Waals surface area contributed by atoms with Gasteiger partial charge in [-0.25, -0.2) is 0 Å². The molecule has 0 aromatic heterocycles. The Bertz CT molecular complexity index is 231. The first kappa shape index (κ1) is 11.2. The molecule has 1 aliphatic heterocycles. The summed E-state index contributed by atoms with van der Waals surface area (Å²) in [4.78, 5) is 11.6. The van der Waals surface area contributed by atoms with Crippen molar-refractivity contribution in [2.75, 3.05) is 13.2 Å². The molecule has 0 saturated heterocycles. The Morgan fingerprint density at radius 3 is 2.86 bits per heavy atom. The largest absolute Gasteiger partial charge is 0.465 e. The van der Waals surface area contributed by atoms with Crippen LogP contribution in [0.3, 0.4) is 0 Å². The summed E-state index contributed by atoms with van der Waals surface area (Å²) in [6.07, 6.45) is 4.76. The second-order valence-corrected chi connectivity index (χ2v) is 3.95. The van der Waals surface area contributed by atoms with Gasteiger partial charge in [0.15, 0.2) is 0 Å². The van der Waals surface area contributed by atoms with Crippen LogP contribution in [0.1, 0.15) is 27.2 Å². The van der Waals surface area contributed by atoms with E-state index in [0.29, 0.717) is 13.2 Å². The Balaban J connectivity index is 2.67. The van der Waals surface area contributed by atoms with Gasteiger partial charge in [-0.2, -0.15) is 0 Å². The Morgan fingerprint density at radius 2 is 2.36 bits per heavy atom. The smallest absolute Gasteiger partial charge is 0.314 e. The fourth-order valence-corrected chi connectivity index (χ4v) is 1.42. The molecule has 1 rings (SSSR count). The standard InChI is InChI=1S/C11H18O3/c1-4-13-10(12)11(2,3)9-7-5-6-8-14-9/h5,7,9H,4,6,8H2,1-3H3. The van der Waals surface area contributed by atoms with E-state index in [2.05, 4.69) is 6.08 Å². The van der Waals surface area contributed by atoms with Crippen molar-refractivity contribution in [2.45, 2.75) is 33.3 Å². The van der Waals surface area contributed by atoms with E-state index in [4.69, 9.17) is 9.47 Å². The molecule has 0 bridgehead atoms. The maximum absolute atomic E-state index is 11.6. The molecule has 3 nitrogen and oxygen atoms in total. The zero-order valence-corrected chi connectivity index (χ0v) is 9.08. The minimum absolute atomic E-state index is 0.157. The first-order chi connectivity index (χ1) is 6.59. The third kappa shape index (κ3) is 2.35. The Morgan fingerprint density at radius 1 is 1.64 bits per heavy atom. The van der Waals surface area contributed by atoms with Gasteiger partial charge in [0.1, 0.15) is 0 Å². The van der Waals surface area contributed by atoms with Crippen molar-refractivity contribution in [3.8, 4) is 0 Å². The van der Waals surface area contributed by atoms with Gasteiger partial charge in [-0.15, -0.1) is 0 Å². The summed E-state index contributed by atoms with van der Waals surface area (Å²) in [5.74, 6) is -0.198. The number of ether oxygens (including phenoxy) is 2. The van der Waals surface area contributed by atoms with Crippen LogP contribution in [0.5, 0.6) is 0 Å². The number of esters is 1. The average Bonchev–Trinajstić information content (AvgIpc) is 2.19. The number of hydrogen-bond donors (Lipinski definition) is 0. The molecule has 0 amide bonds. The van der Waals surface area contributed by atoms with Crippen molar-refractivity contribution < 1.29 is 14.3 Å². The number of hydrogen-bond acceptors (Lipinski definition) is 3. The SMILES string of the molecule is CCOC(=O)C(C)(C)C1C=CCCO1. The van der Waals surface area contributed by atoms with Crippen molar-refractivity contribution in [1.29, 1.82) is 0 Å². The summed E-state index contributed by atoms with van der Waals surface area (Å²) >= 11 is 0. The molecule has 0 fully saturated rings. The number of carbonyl (C=O) groups excluding carboxylic acids is 1. The van der Waals surface area contributed by atoms with E-state index in [1.807, 2.05) is 26.8 Å². The summed E-state index contributed by atoms with van der Waals surface area (Å²) < 4.78 is 10.5. The number of rotatable bonds is 3. The molecule has 14 heavy (non-hydrogen) atoms. The first-order valence-electron chi connectivity index (χ1n) is 5.04. The van der Waals surface area contributed by atoms with Gasteiger partial charge in [0, 0.05) is 0 Å². The summed E-state index contributed by atoms with van der Waals surface area (Å²) in [6, 6.07) is 0. The molecular weight excluding hydrogens is 180 g/mol. The Kier molecular flexibility index (Phi) is 3.69. The molecule has 1 aliphatic rings. The highest BCUT2D eigenvalue weighted by molar-refractivity contribution is 5.77. The third-order valence-electron chi connectivity index (χ3n) is 2.41. The van der Waals surface area contributed by atoms with Crippen LogP contribution in [0.25, 0.3) is 0 Å². The molecule has 0 radical (unpaired) electrons. The molecule has 0 spiro atoms. The lowest BCUT2D eigenvalue weighted by atomic mass is 9.85. The predicted octanol–water partition coefficient (Wildman–Crippen LogP) is 1.92. The average molecular weight is 198 g/mol. The summed E-state index contributed by atoms with van der Waals surface area (Å²) in [5, 5.41) is 0. The summed E-state index contributed by atoms with van der Waals surface area (Å²) in [7, 11) is 0. The Hall–Kier alpha value is -0.830. The second-order valence-electron chi connectivity index (χ2n) is 3.95. The van der Waals surface area contributed by atoms with Crippen molar-refractivity contribution in [3.05, 3.63) is 12.2 Å². The molecule has 0 N–H and O–H groups in total. The van der Waals surface area contributed by atoms with E-state index < -0.39 is 5.41 Å². The van der Waals surface area contributed by atoms with E-state index in [1.54, 1.807) is 0 Å². The van der Waals surface area contributed by atoms with Gasteiger partial charge in [0.25, 0.3) is 0 Å². The lowest BCUT2D eigenvalue weighted by Gasteiger charge is -2.31. The first-order valence-corrected chi connectivity index (χ1v) is 5.04. The van der Waals surface area contributed by atoms with E-state index >= 15 is 0 Å². The highest BCUT2D eigenvalue weighted by atomic mass is 16.5. The zero-order valence-electron chi connectivity index (χ0n) is 9.08. The minimum atomic E-state index is -0.590. The van der Waals surface area contributed by atoms with Gasteiger partial charge in [-0.1, -0.05) is 12.2 Å². The normalized spacial score (nSPS) is 22.1. The molecule has 0 aliphatic carbocycles. The van der Waals surface area contributed by atoms with E-state index in [0.717, 1.165) is 6.42 Å². The van der Waals surface area contributed by atoms with Gasteiger partial charge >= 0.3 is 5.97 Å². The monoisotopic (exact) mass is 198 g/mol. The molecule has 80 valence electrons. The lowest BCUT2D eigenvalue weighted by molar-refractivity contribution is -0.160. The van der Waals surface area contributed by atoms with Crippen LogP contribution in [-0.2, 0) is 14.3 Å². The molecule has 1 heterocycles.